The lowest BCUT2D eigenvalue weighted by Gasteiger charge is -2.41. The molecular formula is C27H25F5O. The van der Waals surface area contributed by atoms with Crippen molar-refractivity contribution in [2.24, 2.45) is 17.8 Å². The molecule has 0 radical (unpaired) electrons. The summed E-state index contributed by atoms with van der Waals surface area (Å²) >= 11 is 0. The molecule has 174 valence electrons. The van der Waals surface area contributed by atoms with E-state index >= 15 is 0 Å². The van der Waals surface area contributed by atoms with Crippen LogP contribution in [0.2, 0.25) is 0 Å². The van der Waals surface area contributed by atoms with Gasteiger partial charge in [-0.25, -0.2) is 8.78 Å². The van der Waals surface area contributed by atoms with E-state index in [1.807, 2.05) is 6.07 Å². The van der Waals surface area contributed by atoms with Crippen molar-refractivity contribution in [1.82, 2.24) is 0 Å². The minimum atomic E-state index is -4.91. The summed E-state index contributed by atoms with van der Waals surface area (Å²) in [6.07, 6.45) is 4.01. The number of fused-ring (bicyclic) bond motifs is 1. The van der Waals surface area contributed by atoms with Crippen molar-refractivity contribution >= 4 is 0 Å². The van der Waals surface area contributed by atoms with Gasteiger partial charge >= 0.3 is 6.36 Å². The van der Waals surface area contributed by atoms with E-state index in [1.165, 1.54) is 25.3 Å². The molecule has 1 nitrogen and oxygen atoms in total. The quantitative estimate of drug-likeness (QED) is 0.259. The molecule has 4 unspecified atom stereocenters. The average molecular weight is 460 g/mol. The second kappa shape index (κ2) is 9.59. The van der Waals surface area contributed by atoms with Gasteiger partial charge in [0.05, 0.1) is 11.1 Å². The summed E-state index contributed by atoms with van der Waals surface area (Å²) in [5.74, 6) is 5.32. The summed E-state index contributed by atoms with van der Waals surface area (Å²) in [5, 5.41) is 0. The first kappa shape index (κ1) is 23.4. The Morgan fingerprint density at radius 3 is 2.12 bits per heavy atom. The summed E-state index contributed by atoms with van der Waals surface area (Å²) in [6.45, 7) is 3.94. The molecule has 2 fully saturated rings. The Morgan fingerprint density at radius 1 is 0.848 bits per heavy atom. The third-order valence-corrected chi connectivity index (χ3v) is 6.96. The maximum absolute atomic E-state index is 14.7. The van der Waals surface area contributed by atoms with E-state index in [9.17, 15) is 22.0 Å². The van der Waals surface area contributed by atoms with Gasteiger partial charge in [-0.1, -0.05) is 24.0 Å². The molecule has 0 aromatic heterocycles. The van der Waals surface area contributed by atoms with Crippen LogP contribution >= 0.6 is 0 Å². The van der Waals surface area contributed by atoms with Crippen molar-refractivity contribution in [3.8, 4) is 17.6 Å². The van der Waals surface area contributed by atoms with Crippen molar-refractivity contribution in [3.05, 3.63) is 77.4 Å². The van der Waals surface area contributed by atoms with E-state index in [1.54, 1.807) is 6.07 Å². The SMILES string of the molecule is C=CC1CCC2CC(c3ccc(C#Cc4ccc(OC(F)(F)F)cc4F)c(F)c3)CCC2C1. The molecule has 0 heterocycles. The number of hydrogen-bond donors (Lipinski definition) is 0. The van der Waals surface area contributed by atoms with Crippen molar-refractivity contribution in [1.29, 1.82) is 0 Å². The highest BCUT2D eigenvalue weighted by Crippen LogP contribution is 2.47. The molecule has 4 rings (SSSR count). The summed E-state index contributed by atoms with van der Waals surface area (Å²) in [7, 11) is 0. The molecule has 2 aromatic rings. The molecule has 2 aliphatic carbocycles. The number of alkyl halides is 3. The molecular weight excluding hydrogens is 435 g/mol. The van der Waals surface area contributed by atoms with Crippen LogP contribution in [0.15, 0.2) is 49.1 Å². The monoisotopic (exact) mass is 460 g/mol. The largest absolute Gasteiger partial charge is 0.573 e. The number of rotatable bonds is 3. The van der Waals surface area contributed by atoms with Gasteiger partial charge in [0.2, 0.25) is 0 Å². The first-order valence-electron chi connectivity index (χ1n) is 11.2. The predicted octanol–water partition coefficient (Wildman–Crippen LogP) is 7.75. The Bertz CT molecular complexity index is 1080. The molecule has 0 bridgehead atoms. The number of allylic oxidation sites excluding steroid dienone is 1. The minimum absolute atomic E-state index is 0.119. The molecule has 0 spiro atoms. The number of halogens is 5. The van der Waals surface area contributed by atoms with Crippen molar-refractivity contribution in [2.45, 2.75) is 50.8 Å². The Hall–Kier alpha value is -2.81. The van der Waals surface area contributed by atoms with Crippen LogP contribution < -0.4 is 4.74 Å². The summed E-state index contributed by atoms with van der Waals surface area (Å²) in [5.41, 5.74) is 0.942. The van der Waals surface area contributed by atoms with E-state index in [0.717, 1.165) is 42.9 Å². The topological polar surface area (TPSA) is 9.23 Å². The third-order valence-electron chi connectivity index (χ3n) is 6.96. The van der Waals surface area contributed by atoms with Gasteiger partial charge in [-0.2, -0.15) is 0 Å². The highest BCUT2D eigenvalue weighted by atomic mass is 19.4. The van der Waals surface area contributed by atoms with Crippen LogP contribution in [-0.2, 0) is 0 Å². The first-order chi connectivity index (χ1) is 15.7. The van der Waals surface area contributed by atoms with Gasteiger partial charge in [-0.3, -0.25) is 0 Å². The molecule has 0 aliphatic heterocycles. The minimum Gasteiger partial charge on any atom is -0.406 e. The van der Waals surface area contributed by atoms with Crippen LogP contribution in [0.25, 0.3) is 0 Å². The zero-order valence-electron chi connectivity index (χ0n) is 18.1. The lowest BCUT2D eigenvalue weighted by molar-refractivity contribution is -0.274. The Kier molecular flexibility index (Phi) is 6.78. The molecule has 6 heteroatoms. The van der Waals surface area contributed by atoms with Crippen LogP contribution in [0, 0.1) is 41.2 Å². The van der Waals surface area contributed by atoms with Gasteiger partial charge in [-0.05, 0) is 92.0 Å². The molecule has 0 amide bonds. The second-order valence-electron chi connectivity index (χ2n) is 9.02. The average Bonchev–Trinajstić information content (AvgIpc) is 2.77. The van der Waals surface area contributed by atoms with Crippen LogP contribution in [0.3, 0.4) is 0 Å². The van der Waals surface area contributed by atoms with Crippen LogP contribution in [0.4, 0.5) is 22.0 Å². The summed E-state index contributed by atoms with van der Waals surface area (Å²) in [4.78, 5) is 0. The maximum atomic E-state index is 14.7. The predicted molar refractivity (Wildman–Crippen MR) is 117 cm³/mol. The molecule has 2 aromatic carbocycles. The Balaban J connectivity index is 1.44. The van der Waals surface area contributed by atoms with E-state index < -0.39 is 23.7 Å². The molecule has 33 heavy (non-hydrogen) atoms. The van der Waals surface area contributed by atoms with Gasteiger partial charge in [0.15, 0.2) is 0 Å². The van der Waals surface area contributed by atoms with Crippen molar-refractivity contribution in [3.63, 3.8) is 0 Å². The maximum Gasteiger partial charge on any atom is 0.573 e. The van der Waals surface area contributed by atoms with Crippen LogP contribution in [-0.4, -0.2) is 6.36 Å². The Labute approximate surface area is 190 Å². The van der Waals surface area contributed by atoms with Crippen LogP contribution in [0.1, 0.15) is 61.1 Å². The first-order valence-corrected chi connectivity index (χ1v) is 11.2. The highest BCUT2D eigenvalue weighted by Gasteiger charge is 2.35. The number of ether oxygens (including phenoxy) is 1. The molecule has 0 saturated heterocycles. The number of benzene rings is 2. The molecule has 0 N–H and O–H groups in total. The molecule has 2 saturated carbocycles. The van der Waals surface area contributed by atoms with Gasteiger partial charge in [0, 0.05) is 6.07 Å². The van der Waals surface area contributed by atoms with Crippen LogP contribution in [0.5, 0.6) is 5.75 Å². The zero-order chi connectivity index (χ0) is 23.6. The van der Waals surface area contributed by atoms with E-state index in [0.29, 0.717) is 23.8 Å². The third kappa shape index (κ3) is 5.76. The molecule has 2 aliphatic rings. The zero-order valence-corrected chi connectivity index (χ0v) is 18.1. The fourth-order valence-corrected chi connectivity index (χ4v) is 5.26. The fraction of sp³-hybridized carbons (Fsp3) is 0.407. The second-order valence-corrected chi connectivity index (χ2v) is 9.02. The lowest BCUT2D eigenvalue weighted by Crippen LogP contribution is -2.30. The van der Waals surface area contributed by atoms with Gasteiger partial charge in [0.25, 0.3) is 0 Å². The Morgan fingerprint density at radius 2 is 1.48 bits per heavy atom. The van der Waals surface area contributed by atoms with Gasteiger partial charge in [-0.15, -0.1) is 19.8 Å². The smallest absolute Gasteiger partial charge is 0.406 e. The molecule has 4 atom stereocenters. The van der Waals surface area contributed by atoms with E-state index in [-0.39, 0.29) is 11.1 Å². The normalized spacial score (nSPS) is 24.9. The highest BCUT2D eigenvalue weighted by molar-refractivity contribution is 5.46. The fourth-order valence-electron chi connectivity index (χ4n) is 5.26. The van der Waals surface area contributed by atoms with Gasteiger partial charge < -0.3 is 4.74 Å². The lowest BCUT2D eigenvalue weighted by atomic mass is 9.64. The van der Waals surface area contributed by atoms with Crippen molar-refractivity contribution in [2.75, 3.05) is 0 Å². The standard InChI is InChI=1S/C27H25F5O/c1-2-17-3-4-21-14-22(10-9-20(21)13-17)23-8-7-18(25(28)15-23)5-6-19-11-12-24(16-26(19)29)33-27(30,31)32/h2,7-8,11-12,15-17,20-22H,1,3-4,9-10,13-14H2. The summed E-state index contributed by atoms with van der Waals surface area (Å²) < 4.78 is 69.2. The van der Waals surface area contributed by atoms with Crippen molar-refractivity contribution < 1.29 is 26.7 Å². The van der Waals surface area contributed by atoms with Gasteiger partial charge in [0.1, 0.15) is 17.4 Å². The number of hydrogen-bond acceptors (Lipinski definition) is 1. The van der Waals surface area contributed by atoms with E-state index in [4.69, 9.17) is 0 Å². The van der Waals surface area contributed by atoms with E-state index in [2.05, 4.69) is 29.2 Å². The summed E-state index contributed by atoms with van der Waals surface area (Å²) in [6, 6.07) is 7.65.